The van der Waals surface area contributed by atoms with Crippen LogP contribution in [-0.2, 0) is 16.1 Å². The van der Waals surface area contributed by atoms with Crippen molar-refractivity contribution in [3.8, 4) is 0 Å². The first-order chi connectivity index (χ1) is 7.91. The van der Waals surface area contributed by atoms with Gasteiger partial charge in [-0.3, -0.25) is 14.2 Å². The number of carbonyl (C=O) groups is 1. The van der Waals surface area contributed by atoms with E-state index >= 15 is 0 Å². The molecule has 0 radical (unpaired) electrons. The number of aryl methyl sites for hydroxylation is 1. The van der Waals surface area contributed by atoms with Gasteiger partial charge in [0.2, 0.25) is 0 Å². The molecule has 1 aromatic heterocycles. The number of carbonyl (C=O) groups excluding carboxylic acids is 1. The highest BCUT2D eigenvalue weighted by Gasteiger charge is 2.10. The standard InChI is InChI=1S/C12H18N2O3/c1-8(2)7-17-11(15)6-14-9(3)4-5-10(13)12(14)16/h4-5,8H,6-7,13H2,1-3H3. The Kier molecular flexibility index (Phi) is 4.31. The molecule has 5 heteroatoms. The Morgan fingerprint density at radius 2 is 2.12 bits per heavy atom. The molecule has 0 saturated heterocycles. The Hall–Kier alpha value is -1.78. The first-order valence-electron chi connectivity index (χ1n) is 5.53. The fraction of sp³-hybridized carbons (Fsp3) is 0.500. The van der Waals surface area contributed by atoms with Crippen LogP contribution in [0.15, 0.2) is 16.9 Å². The summed E-state index contributed by atoms with van der Waals surface area (Å²) in [6.07, 6.45) is 0. The molecule has 0 amide bonds. The normalized spacial score (nSPS) is 10.6. The predicted octanol–water partition coefficient (Wildman–Crippen LogP) is 0.938. The molecular formula is C12H18N2O3. The molecule has 1 rings (SSSR count). The van der Waals surface area contributed by atoms with Gasteiger partial charge in [0.05, 0.1) is 12.3 Å². The lowest BCUT2D eigenvalue weighted by atomic mass is 10.2. The van der Waals surface area contributed by atoms with E-state index in [4.69, 9.17) is 10.5 Å². The Morgan fingerprint density at radius 1 is 1.47 bits per heavy atom. The number of hydrogen-bond acceptors (Lipinski definition) is 4. The van der Waals surface area contributed by atoms with Crippen LogP contribution in [0.2, 0.25) is 0 Å². The number of aromatic nitrogens is 1. The van der Waals surface area contributed by atoms with Gasteiger partial charge in [-0.2, -0.15) is 0 Å². The van der Waals surface area contributed by atoms with Gasteiger partial charge in [-0.1, -0.05) is 13.8 Å². The molecule has 0 aliphatic carbocycles. The largest absolute Gasteiger partial charge is 0.464 e. The second kappa shape index (κ2) is 5.52. The zero-order chi connectivity index (χ0) is 13.0. The van der Waals surface area contributed by atoms with Gasteiger partial charge in [0.15, 0.2) is 0 Å². The molecule has 17 heavy (non-hydrogen) atoms. The molecule has 0 bridgehead atoms. The monoisotopic (exact) mass is 238 g/mol. The molecule has 5 nitrogen and oxygen atoms in total. The first-order valence-corrected chi connectivity index (χ1v) is 5.53. The molecule has 0 aliphatic rings. The van der Waals surface area contributed by atoms with Crippen LogP contribution >= 0.6 is 0 Å². The Bertz CT molecular complexity index is 463. The number of hydrogen-bond donors (Lipinski definition) is 1. The highest BCUT2D eigenvalue weighted by Crippen LogP contribution is 2.00. The summed E-state index contributed by atoms with van der Waals surface area (Å²) in [7, 11) is 0. The Morgan fingerprint density at radius 3 is 2.71 bits per heavy atom. The van der Waals surface area contributed by atoms with Crippen molar-refractivity contribution < 1.29 is 9.53 Å². The molecular weight excluding hydrogens is 220 g/mol. The van der Waals surface area contributed by atoms with Gasteiger partial charge in [0, 0.05) is 5.69 Å². The van der Waals surface area contributed by atoms with Gasteiger partial charge in [0.1, 0.15) is 6.54 Å². The third kappa shape index (κ3) is 3.62. The zero-order valence-corrected chi connectivity index (χ0v) is 10.4. The number of ether oxygens (including phenoxy) is 1. The third-order valence-corrected chi connectivity index (χ3v) is 2.29. The number of pyridine rings is 1. The highest BCUT2D eigenvalue weighted by molar-refractivity contribution is 5.69. The second-order valence-corrected chi connectivity index (χ2v) is 4.40. The van der Waals surface area contributed by atoms with Crippen LogP contribution in [0.25, 0.3) is 0 Å². The minimum absolute atomic E-state index is 0.0948. The van der Waals surface area contributed by atoms with Crippen molar-refractivity contribution in [3.63, 3.8) is 0 Å². The summed E-state index contributed by atoms with van der Waals surface area (Å²) in [4.78, 5) is 23.2. The Balaban J connectivity index is 2.78. The summed E-state index contributed by atoms with van der Waals surface area (Å²) in [5, 5.41) is 0. The molecule has 2 N–H and O–H groups in total. The van der Waals surface area contributed by atoms with Crippen LogP contribution in [0, 0.1) is 12.8 Å². The fourth-order valence-corrected chi connectivity index (χ4v) is 1.32. The first kappa shape index (κ1) is 13.3. The maximum absolute atomic E-state index is 11.7. The van der Waals surface area contributed by atoms with Crippen LogP contribution < -0.4 is 11.3 Å². The number of nitrogen functional groups attached to an aromatic ring is 1. The summed E-state index contributed by atoms with van der Waals surface area (Å²) < 4.78 is 6.34. The van der Waals surface area contributed by atoms with Crippen molar-refractivity contribution in [1.29, 1.82) is 0 Å². The average Bonchev–Trinajstić information content (AvgIpc) is 2.27. The number of nitrogens with zero attached hydrogens (tertiary/aromatic N) is 1. The van der Waals surface area contributed by atoms with Crippen LogP contribution in [0.4, 0.5) is 5.69 Å². The number of nitrogens with two attached hydrogens (primary N) is 1. The van der Waals surface area contributed by atoms with Crippen molar-refractivity contribution in [2.24, 2.45) is 5.92 Å². The van der Waals surface area contributed by atoms with Crippen molar-refractivity contribution in [1.82, 2.24) is 4.57 Å². The van der Waals surface area contributed by atoms with Crippen LogP contribution in [0.3, 0.4) is 0 Å². The third-order valence-electron chi connectivity index (χ3n) is 2.29. The fourth-order valence-electron chi connectivity index (χ4n) is 1.32. The number of anilines is 1. The number of rotatable bonds is 4. The molecule has 0 aliphatic heterocycles. The second-order valence-electron chi connectivity index (χ2n) is 4.40. The van der Waals surface area contributed by atoms with Crippen molar-refractivity contribution in [2.75, 3.05) is 12.3 Å². The highest BCUT2D eigenvalue weighted by atomic mass is 16.5. The van der Waals surface area contributed by atoms with Crippen molar-refractivity contribution in [3.05, 3.63) is 28.2 Å². The molecule has 0 fully saturated rings. The lowest BCUT2D eigenvalue weighted by molar-refractivity contribution is -0.145. The van der Waals surface area contributed by atoms with E-state index in [2.05, 4.69) is 0 Å². The molecule has 1 heterocycles. The molecule has 0 saturated carbocycles. The van der Waals surface area contributed by atoms with Gasteiger partial charge < -0.3 is 10.5 Å². The molecule has 0 aromatic carbocycles. The lowest BCUT2D eigenvalue weighted by Crippen LogP contribution is -2.29. The van der Waals surface area contributed by atoms with Gasteiger partial charge in [0.25, 0.3) is 5.56 Å². The van der Waals surface area contributed by atoms with Crippen molar-refractivity contribution in [2.45, 2.75) is 27.3 Å². The maximum atomic E-state index is 11.7. The SMILES string of the molecule is Cc1ccc(N)c(=O)n1CC(=O)OCC(C)C. The van der Waals surface area contributed by atoms with Crippen LogP contribution in [-0.4, -0.2) is 17.1 Å². The summed E-state index contributed by atoms with van der Waals surface area (Å²) in [5.74, 6) is -0.146. The maximum Gasteiger partial charge on any atom is 0.326 e. The van der Waals surface area contributed by atoms with Gasteiger partial charge in [-0.25, -0.2) is 0 Å². The van der Waals surface area contributed by atoms with E-state index < -0.39 is 5.97 Å². The van der Waals surface area contributed by atoms with Gasteiger partial charge >= 0.3 is 5.97 Å². The molecule has 0 unspecified atom stereocenters. The van der Waals surface area contributed by atoms with E-state index in [0.717, 1.165) is 0 Å². The van der Waals surface area contributed by atoms with Gasteiger partial charge in [-0.05, 0) is 25.0 Å². The topological polar surface area (TPSA) is 74.3 Å². The van der Waals surface area contributed by atoms with E-state index in [9.17, 15) is 9.59 Å². The summed E-state index contributed by atoms with van der Waals surface area (Å²) in [6, 6.07) is 3.24. The Labute approximate surface area is 100 Å². The van der Waals surface area contributed by atoms with E-state index in [1.54, 1.807) is 13.0 Å². The molecule has 0 spiro atoms. The average molecular weight is 238 g/mol. The zero-order valence-electron chi connectivity index (χ0n) is 10.4. The van der Waals surface area contributed by atoms with Crippen LogP contribution in [0.1, 0.15) is 19.5 Å². The van der Waals surface area contributed by atoms with E-state index in [1.807, 2.05) is 13.8 Å². The quantitative estimate of drug-likeness (QED) is 0.792. The molecule has 94 valence electrons. The summed E-state index contributed by atoms with van der Waals surface area (Å²) >= 11 is 0. The molecule has 0 atom stereocenters. The lowest BCUT2D eigenvalue weighted by Gasteiger charge is -2.11. The number of esters is 1. The summed E-state index contributed by atoms with van der Waals surface area (Å²) in [5.41, 5.74) is 5.96. The minimum Gasteiger partial charge on any atom is -0.464 e. The van der Waals surface area contributed by atoms with Crippen LogP contribution in [0.5, 0.6) is 0 Å². The van der Waals surface area contributed by atoms with E-state index in [-0.39, 0.29) is 23.7 Å². The van der Waals surface area contributed by atoms with Crippen molar-refractivity contribution >= 4 is 11.7 Å². The smallest absolute Gasteiger partial charge is 0.326 e. The van der Waals surface area contributed by atoms with E-state index in [1.165, 1.54) is 10.6 Å². The predicted molar refractivity (Wildman–Crippen MR) is 65.6 cm³/mol. The summed E-state index contributed by atoms with van der Waals surface area (Å²) in [6.45, 7) is 5.91. The molecule has 1 aromatic rings. The van der Waals surface area contributed by atoms with E-state index in [0.29, 0.717) is 12.3 Å². The van der Waals surface area contributed by atoms with Gasteiger partial charge in [-0.15, -0.1) is 0 Å². The minimum atomic E-state index is -0.422.